The first kappa shape index (κ1) is 9.90. The average molecular weight is 291 g/mol. The molecule has 1 rings (SSSR count). The fraction of sp³-hybridized carbons (Fsp3) is 0. The summed E-state index contributed by atoms with van der Waals surface area (Å²) in [6.07, 6.45) is 3.76. The van der Waals surface area contributed by atoms with E-state index >= 15 is 0 Å². The Balaban J connectivity index is 3.00. The second kappa shape index (κ2) is 4.17. The Labute approximate surface area is 87.8 Å². The molecule has 0 fully saturated rings. The zero-order valence-electron chi connectivity index (χ0n) is 6.44. The van der Waals surface area contributed by atoms with E-state index in [0.29, 0.717) is 15.2 Å². The number of aliphatic carboxylic acids is 1. The summed E-state index contributed by atoms with van der Waals surface area (Å²) in [7, 11) is 0. The zero-order valence-corrected chi connectivity index (χ0v) is 8.59. The maximum absolute atomic E-state index is 10.2. The highest BCUT2D eigenvalue weighted by Crippen LogP contribution is 2.10. The Bertz CT molecular complexity index is 365. The van der Waals surface area contributed by atoms with Gasteiger partial charge in [0.05, 0.1) is 17.6 Å². The Kier molecular flexibility index (Phi) is 3.18. The minimum Gasteiger partial charge on any atom is -0.478 e. The van der Waals surface area contributed by atoms with Gasteiger partial charge in [-0.15, -0.1) is 0 Å². The van der Waals surface area contributed by atoms with E-state index in [2.05, 4.69) is 9.97 Å². The lowest BCUT2D eigenvalue weighted by Gasteiger charge is -1.97. The summed E-state index contributed by atoms with van der Waals surface area (Å²) >= 11 is 1.92. The maximum Gasteiger partial charge on any atom is 0.328 e. The normalized spacial score (nSPS) is 10.5. The van der Waals surface area contributed by atoms with E-state index in [1.165, 1.54) is 12.3 Å². The van der Waals surface area contributed by atoms with Crippen molar-refractivity contribution >= 4 is 40.3 Å². The largest absolute Gasteiger partial charge is 0.478 e. The van der Waals surface area contributed by atoms with Gasteiger partial charge in [-0.1, -0.05) is 0 Å². The van der Waals surface area contributed by atoms with Crippen LogP contribution in [0, 0.1) is 3.83 Å². The molecule has 68 valence electrons. The van der Waals surface area contributed by atoms with Gasteiger partial charge in [0.25, 0.3) is 0 Å². The molecule has 0 bridgehead atoms. The predicted molar refractivity (Wildman–Crippen MR) is 55.8 cm³/mol. The van der Waals surface area contributed by atoms with Gasteiger partial charge in [0.1, 0.15) is 0 Å². The fourth-order valence-electron chi connectivity index (χ4n) is 0.665. The Morgan fingerprint density at radius 3 is 3.00 bits per heavy atom. The van der Waals surface area contributed by atoms with Crippen LogP contribution in [-0.4, -0.2) is 21.0 Å². The molecule has 0 saturated heterocycles. The third-order valence-electron chi connectivity index (χ3n) is 1.20. The molecule has 1 heterocycles. The number of carboxylic acids is 1. The number of anilines is 1. The van der Waals surface area contributed by atoms with Crippen LogP contribution in [0.3, 0.4) is 0 Å². The van der Waals surface area contributed by atoms with E-state index in [1.807, 2.05) is 22.6 Å². The summed E-state index contributed by atoms with van der Waals surface area (Å²) in [4.78, 5) is 18.0. The molecule has 0 aliphatic carbocycles. The number of carbonyl (C=O) groups is 1. The van der Waals surface area contributed by atoms with Gasteiger partial charge in [0.2, 0.25) is 0 Å². The monoisotopic (exact) mass is 291 g/mol. The van der Waals surface area contributed by atoms with Crippen molar-refractivity contribution in [2.24, 2.45) is 0 Å². The molecule has 0 amide bonds. The molecule has 0 unspecified atom stereocenters. The van der Waals surface area contributed by atoms with Gasteiger partial charge in [0, 0.05) is 28.7 Å². The minimum atomic E-state index is -1.03. The molecular weight excluding hydrogens is 285 g/mol. The number of nitrogen functional groups attached to an aromatic ring is 1. The van der Waals surface area contributed by atoms with E-state index in [0.717, 1.165) is 6.08 Å². The van der Waals surface area contributed by atoms with E-state index in [4.69, 9.17) is 10.8 Å². The third kappa shape index (κ3) is 2.98. The lowest BCUT2D eigenvalue weighted by atomic mass is 10.3. The summed E-state index contributed by atoms with van der Waals surface area (Å²) in [6.45, 7) is 0. The molecule has 0 aliphatic rings. The van der Waals surface area contributed by atoms with Crippen LogP contribution < -0.4 is 5.73 Å². The van der Waals surface area contributed by atoms with Crippen molar-refractivity contribution in [3.05, 3.63) is 21.8 Å². The Morgan fingerprint density at radius 2 is 2.38 bits per heavy atom. The highest BCUT2D eigenvalue weighted by Gasteiger charge is 1.99. The van der Waals surface area contributed by atoms with Crippen molar-refractivity contribution < 1.29 is 9.90 Å². The molecule has 1 aromatic heterocycles. The molecule has 0 spiro atoms. The quantitative estimate of drug-likeness (QED) is 0.477. The lowest BCUT2D eigenvalue weighted by molar-refractivity contribution is -0.131. The van der Waals surface area contributed by atoms with Crippen molar-refractivity contribution in [2.45, 2.75) is 0 Å². The first-order valence-electron chi connectivity index (χ1n) is 3.28. The van der Waals surface area contributed by atoms with E-state index < -0.39 is 5.97 Å². The Morgan fingerprint density at radius 1 is 1.69 bits per heavy atom. The second-order valence-electron chi connectivity index (χ2n) is 2.15. The molecule has 5 nitrogen and oxygen atoms in total. The number of halogens is 1. The molecule has 3 N–H and O–H groups in total. The fourth-order valence-corrected chi connectivity index (χ4v) is 1.06. The van der Waals surface area contributed by atoms with Crippen molar-refractivity contribution in [1.82, 2.24) is 9.97 Å². The SMILES string of the molecule is Nc1cnc(I)nc1/C=C/C(=O)O. The number of hydrogen-bond donors (Lipinski definition) is 2. The van der Waals surface area contributed by atoms with Crippen LogP contribution in [-0.2, 0) is 4.79 Å². The molecule has 0 radical (unpaired) electrons. The summed E-state index contributed by atoms with van der Waals surface area (Å²) in [6, 6.07) is 0. The van der Waals surface area contributed by atoms with Crippen molar-refractivity contribution in [1.29, 1.82) is 0 Å². The molecular formula is C7H6IN3O2. The highest BCUT2D eigenvalue weighted by atomic mass is 127. The molecule has 0 saturated carbocycles. The second-order valence-corrected chi connectivity index (χ2v) is 3.12. The standard InChI is InChI=1S/C7H6IN3O2/c8-7-10-3-4(9)5(11-7)1-2-6(12)13/h1-3H,9H2,(H,12,13)/b2-1+. The van der Waals surface area contributed by atoms with Crippen LogP contribution in [0.1, 0.15) is 5.69 Å². The zero-order chi connectivity index (χ0) is 9.84. The smallest absolute Gasteiger partial charge is 0.328 e. The average Bonchev–Trinajstić information content (AvgIpc) is 2.06. The van der Waals surface area contributed by atoms with Gasteiger partial charge in [-0.2, -0.15) is 0 Å². The number of rotatable bonds is 2. The summed E-state index contributed by atoms with van der Waals surface area (Å²) in [5, 5.41) is 8.36. The van der Waals surface area contributed by atoms with Crippen LogP contribution in [0.4, 0.5) is 5.69 Å². The molecule has 13 heavy (non-hydrogen) atoms. The van der Waals surface area contributed by atoms with Gasteiger partial charge in [-0.25, -0.2) is 14.8 Å². The summed E-state index contributed by atoms with van der Waals surface area (Å²) < 4.78 is 0.525. The number of carboxylic acid groups (broad SMARTS) is 1. The predicted octanol–water partition coefficient (Wildman–Crippen LogP) is 0.761. The number of aromatic nitrogens is 2. The number of nitrogens with zero attached hydrogens (tertiary/aromatic N) is 2. The van der Waals surface area contributed by atoms with Crippen molar-refractivity contribution in [3.8, 4) is 0 Å². The van der Waals surface area contributed by atoms with Gasteiger partial charge in [0.15, 0.2) is 3.83 Å². The van der Waals surface area contributed by atoms with Crippen molar-refractivity contribution in [3.63, 3.8) is 0 Å². The Hall–Kier alpha value is -1.18. The molecule has 0 atom stereocenters. The molecule has 0 aromatic carbocycles. The van der Waals surface area contributed by atoms with Gasteiger partial charge >= 0.3 is 5.97 Å². The van der Waals surface area contributed by atoms with Crippen LogP contribution in [0.15, 0.2) is 12.3 Å². The van der Waals surface area contributed by atoms with Crippen LogP contribution >= 0.6 is 22.6 Å². The highest BCUT2D eigenvalue weighted by molar-refractivity contribution is 14.1. The van der Waals surface area contributed by atoms with Crippen molar-refractivity contribution in [2.75, 3.05) is 5.73 Å². The van der Waals surface area contributed by atoms with Crippen LogP contribution in [0.2, 0.25) is 0 Å². The molecule has 1 aromatic rings. The third-order valence-corrected chi connectivity index (χ3v) is 1.72. The van der Waals surface area contributed by atoms with Gasteiger partial charge in [-0.3, -0.25) is 0 Å². The van der Waals surface area contributed by atoms with Gasteiger partial charge < -0.3 is 10.8 Å². The van der Waals surface area contributed by atoms with Crippen LogP contribution in [0.25, 0.3) is 6.08 Å². The lowest BCUT2D eigenvalue weighted by Crippen LogP contribution is -1.97. The van der Waals surface area contributed by atoms with Gasteiger partial charge in [-0.05, 0) is 6.08 Å². The maximum atomic E-state index is 10.2. The topological polar surface area (TPSA) is 89.1 Å². The minimum absolute atomic E-state index is 0.359. The first-order chi connectivity index (χ1) is 6.09. The summed E-state index contributed by atoms with van der Waals surface area (Å²) in [5.74, 6) is -1.03. The summed E-state index contributed by atoms with van der Waals surface area (Å²) in [5.41, 5.74) is 6.28. The van der Waals surface area contributed by atoms with E-state index in [1.54, 1.807) is 0 Å². The molecule has 0 aliphatic heterocycles. The number of nitrogens with two attached hydrogens (primary N) is 1. The van der Waals surface area contributed by atoms with Crippen LogP contribution in [0.5, 0.6) is 0 Å². The number of hydrogen-bond acceptors (Lipinski definition) is 4. The first-order valence-corrected chi connectivity index (χ1v) is 4.36. The van der Waals surface area contributed by atoms with E-state index in [-0.39, 0.29) is 0 Å². The molecule has 6 heteroatoms. The van der Waals surface area contributed by atoms with E-state index in [9.17, 15) is 4.79 Å².